The second kappa shape index (κ2) is 5.22. The number of fused-ring (bicyclic) bond motifs is 1. The van der Waals surface area contributed by atoms with Crippen LogP contribution in [0.2, 0.25) is 0 Å². The molecule has 0 atom stereocenters. The monoisotopic (exact) mass is 265 g/mol. The van der Waals surface area contributed by atoms with Gasteiger partial charge in [-0.1, -0.05) is 18.3 Å². The zero-order chi connectivity index (χ0) is 13.1. The van der Waals surface area contributed by atoms with Gasteiger partial charge >= 0.3 is 0 Å². The number of benzene rings is 1. The molecule has 0 fully saturated rings. The van der Waals surface area contributed by atoms with E-state index >= 15 is 0 Å². The van der Waals surface area contributed by atoms with Crippen molar-refractivity contribution in [1.29, 1.82) is 0 Å². The van der Waals surface area contributed by atoms with Crippen LogP contribution in [0, 0.1) is 0 Å². The van der Waals surface area contributed by atoms with Crippen molar-refractivity contribution < 1.29 is 9.53 Å². The number of anilines is 2. The fraction of sp³-hybridized carbons (Fsp3) is 0.333. The van der Waals surface area contributed by atoms with Crippen LogP contribution in [0.4, 0.5) is 10.8 Å². The Morgan fingerprint density at radius 3 is 2.94 bits per heavy atom. The van der Waals surface area contributed by atoms with Crippen molar-refractivity contribution in [2.24, 2.45) is 0 Å². The zero-order valence-corrected chi connectivity index (χ0v) is 11.1. The molecular weight excluding hydrogens is 250 g/mol. The number of hydrogen-bond donors (Lipinski definition) is 2. The summed E-state index contributed by atoms with van der Waals surface area (Å²) < 4.78 is 6.43. The minimum absolute atomic E-state index is 0.0331. The summed E-state index contributed by atoms with van der Waals surface area (Å²) in [4.78, 5) is 15.6. The number of nitrogens with zero attached hydrogens (tertiary/aromatic N) is 1. The number of hydrogen-bond acceptors (Lipinski definition) is 5. The molecule has 0 radical (unpaired) electrons. The number of aromatic nitrogens is 1. The van der Waals surface area contributed by atoms with Crippen LogP contribution in [0.15, 0.2) is 12.1 Å². The van der Waals surface area contributed by atoms with Crippen molar-refractivity contribution in [2.45, 2.75) is 20.3 Å². The Morgan fingerprint density at radius 1 is 1.50 bits per heavy atom. The lowest BCUT2D eigenvalue weighted by atomic mass is 10.2. The summed E-state index contributed by atoms with van der Waals surface area (Å²) in [6, 6.07) is 3.64. The molecule has 1 heterocycles. The number of carbonyl (C=O) groups is 1. The van der Waals surface area contributed by atoms with Gasteiger partial charge in [-0.15, -0.1) is 0 Å². The average molecular weight is 265 g/mol. The molecule has 0 aliphatic carbocycles. The smallest absolute Gasteiger partial charge is 0.224 e. The Kier molecular flexibility index (Phi) is 3.66. The van der Waals surface area contributed by atoms with E-state index < -0.39 is 0 Å². The summed E-state index contributed by atoms with van der Waals surface area (Å²) in [6.45, 7) is 4.25. The van der Waals surface area contributed by atoms with Gasteiger partial charge in [0, 0.05) is 18.2 Å². The van der Waals surface area contributed by atoms with Crippen LogP contribution in [-0.2, 0) is 4.79 Å². The van der Waals surface area contributed by atoms with Crippen molar-refractivity contribution in [2.75, 3.05) is 17.7 Å². The molecular formula is C12H15N3O2S. The Balaban J connectivity index is 2.46. The number of carbonyl (C=O) groups excluding carboxylic acids is 1. The molecule has 96 valence electrons. The maximum atomic E-state index is 11.4. The fourth-order valence-corrected chi connectivity index (χ4v) is 2.39. The number of nitrogen functional groups attached to an aromatic ring is 1. The van der Waals surface area contributed by atoms with Gasteiger partial charge < -0.3 is 15.8 Å². The van der Waals surface area contributed by atoms with Gasteiger partial charge in [0.15, 0.2) is 5.13 Å². The lowest BCUT2D eigenvalue weighted by molar-refractivity contribution is -0.115. The van der Waals surface area contributed by atoms with Crippen LogP contribution in [0.3, 0.4) is 0 Å². The first kappa shape index (κ1) is 12.6. The van der Waals surface area contributed by atoms with E-state index in [9.17, 15) is 4.79 Å². The van der Waals surface area contributed by atoms with Crippen molar-refractivity contribution in [1.82, 2.24) is 4.98 Å². The van der Waals surface area contributed by atoms with E-state index in [0.29, 0.717) is 29.6 Å². The third-order valence-corrected chi connectivity index (χ3v) is 3.21. The first-order chi connectivity index (χ1) is 8.63. The van der Waals surface area contributed by atoms with Gasteiger partial charge in [-0.3, -0.25) is 4.79 Å². The third kappa shape index (κ3) is 2.53. The van der Waals surface area contributed by atoms with E-state index in [4.69, 9.17) is 10.5 Å². The van der Waals surface area contributed by atoms with Crippen LogP contribution < -0.4 is 15.8 Å². The predicted molar refractivity (Wildman–Crippen MR) is 74.1 cm³/mol. The van der Waals surface area contributed by atoms with E-state index in [2.05, 4.69) is 10.3 Å². The average Bonchev–Trinajstić information content (AvgIpc) is 2.70. The predicted octanol–water partition coefficient (Wildman–Crippen LogP) is 2.63. The molecule has 0 aliphatic heterocycles. The Labute approximate surface area is 109 Å². The number of nitrogens with two attached hydrogens (primary N) is 1. The minimum atomic E-state index is -0.0331. The SMILES string of the molecule is CCOc1cc(NC(=O)CC)cc2sc(N)nc12. The number of nitrogens with one attached hydrogen (secondary N) is 1. The lowest BCUT2D eigenvalue weighted by Gasteiger charge is -2.08. The zero-order valence-electron chi connectivity index (χ0n) is 10.3. The van der Waals surface area contributed by atoms with Gasteiger partial charge in [0.05, 0.1) is 11.3 Å². The molecule has 3 N–H and O–H groups in total. The first-order valence-electron chi connectivity index (χ1n) is 5.76. The third-order valence-electron chi connectivity index (χ3n) is 2.38. The summed E-state index contributed by atoms with van der Waals surface area (Å²) in [5.41, 5.74) is 7.15. The molecule has 18 heavy (non-hydrogen) atoms. The van der Waals surface area contributed by atoms with Gasteiger partial charge in [-0.2, -0.15) is 0 Å². The molecule has 0 unspecified atom stereocenters. The van der Waals surface area contributed by atoms with Gasteiger partial charge in [-0.05, 0) is 13.0 Å². The molecule has 2 rings (SSSR count). The van der Waals surface area contributed by atoms with Crippen LogP contribution in [0.5, 0.6) is 5.75 Å². The summed E-state index contributed by atoms with van der Waals surface area (Å²) >= 11 is 1.38. The Bertz CT molecular complexity index is 580. The van der Waals surface area contributed by atoms with Gasteiger partial charge in [-0.25, -0.2) is 4.98 Å². The number of rotatable bonds is 4. The molecule has 1 amide bonds. The first-order valence-corrected chi connectivity index (χ1v) is 6.58. The van der Waals surface area contributed by atoms with E-state index in [1.54, 1.807) is 6.07 Å². The highest BCUT2D eigenvalue weighted by molar-refractivity contribution is 7.22. The molecule has 2 aromatic rings. The maximum Gasteiger partial charge on any atom is 0.224 e. The number of ether oxygens (including phenoxy) is 1. The standard InChI is InChI=1S/C12H15N3O2S/c1-3-10(16)14-7-5-8(17-4-2)11-9(6-7)18-12(13)15-11/h5-6H,3-4H2,1-2H3,(H2,13,15)(H,14,16). The van der Waals surface area contributed by atoms with Crippen LogP contribution >= 0.6 is 11.3 Å². The maximum absolute atomic E-state index is 11.4. The molecule has 1 aromatic carbocycles. The molecule has 5 nitrogen and oxygen atoms in total. The quantitative estimate of drug-likeness (QED) is 0.890. The lowest BCUT2D eigenvalue weighted by Crippen LogP contribution is -2.09. The molecule has 0 spiro atoms. The van der Waals surface area contributed by atoms with Crippen LogP contribution in [0.1, 0.15) is 20.3 Å². The van der Waals surface area contributed by atoms with Crippen LogP contribution in [-0.4, -0.2) is 17.5 Å². The van der Waals surface area contributed by atoms with E-state index in [-0.39, 0.29) is 5.91 Å². The molecule has 0 bridgehead atoms. The molecule has 6 heteroatoms. The fourth-order valence-electron chi connectivity index (χ4n) is 1.60. The summed E-state index contributed by atoms with van der Waals surface area (Å²) in [6.07, 6.45) is 0.437. The van der Waals surface area contributed by atoms with Gasteiger partial charge in [0.2, 0.25) is 5.91 Å². The van der Waals surface area contributed by atoms with E-state index in [0.717, 1.165) is 10.2 Å². The molecule has 0 saturated heterocycles. The Hall–Kier alpha value is -1.82. The highest BCUT2D eigenvalue weighted by Crippen LogP contribution is 2.34. The van der Waals surface area contributed by atoms with Crippen LogP contribution in [0.25, 0.3) is 10.2 Å². The minimum Gasteiger partial charge on any atom is -0.491 e. The van der Waals surface area contributed by atoms with E-state index in [1.807, 2.05) is 19.9 Å². The van der Waals surface area contributed by atoms with Gasteiger partial charge in [0.1, 0.15) is 11.3 Å². The van der Waals surface area contributed by atoms with Crippen molar-refractivity contribution >= 4 is 38.3 Å². The normalized spacial score (nSPS) is 10.6. The summed E-state index contributed by atoms with van der Waals surface area (Å²) in [5.74, 6) is 0.614. The van der Waals surface area contributed by atoms with Gasteiger partial charge in [0.25, 0.3) is 0 Å². The summed E-state index contributed by atoms with van der Waals surface area (Å²) in [5, 5.41) is 3.30. The van der Waals surface area contributed by atoms with E-state index in [1.165, 1.54) is 11.3 Å². The highest BCUT2D eigenvalue weighted by Gasteiger charge is 2.11. The largest absolute Gasteiger partial charge is 0.491 e. The Morgan fingerprint density at radius 2 is 2.28 bits per heavy atom. The second-order valence-corrected chi connectivity index (χ2v) is 4.77. The molecule has 0 aliphatic rings. The molecule has 1 aromatic heterocycles. The van der Waals surface area contributed by atoms with Crippen molar-refractivity contribution in [3.05, 3.63) is 12.1 Å². The highest BCUT2D eigenvalue weighted by atomic mass is 32.1. The van der Waals surface area contributed by atoms with Crippen molar-refractivity contribution in [3.63, 3.8) is 0 Å². The second-order valence-electron chi connectivity index (χ2n) is 3.71. The van der Waals surface area contributed by atoms with Crippen molar-refractivity contribution in [3.8, 4) is 5.75 Å². The summed E-state index contributed by atoms with van der Waals surface area (Å²) in [7, 11) is 0. The number of thiazole rings is 1. The molecule has 0 saturated carbocycles. The number of amides is 1. The topological polar surface area (TPSA) is 77.2 Å².